The number of phenols is 2. The number of hydrogen-bond donors (Lipinski definition) is 6. The minimum Gasteiger partial charge on any atom is -0.507 e. The van der Waals surface area contributed by atoms with Crippen LogP contribution in [0.5, 0.6) is 11.5 Å². The number of carbonyl (C=O) groups excluding carboxylic acids is 4. The van der Waals surface area contributed by atoms with Crippen molar-refractivity contribution in [2.45, 2.75) is 0 Å². The number of aromatic hydroxyl groups is 2. The van der Waals surface area contributed by atoms with Crippen molar-refractivity contribution >= 4 is 34.4 Å². The van der Waals surface area contributed by atoms with E-state index in [1.807, 2.05) is 0 Å². The fourth-order valence-electron chi connectivity index (χ4n) is 4.16. The first-order valence-corrected chi connectivity index (χ1v) is 12.4. The molecule has 0 bridgehead atoms. The molecule has 2 heterocycles. The topological polar surface area (TPSA) is 183 Å². The highest BCUT2D eigenvalue weighted by atomic mass is 16.3. The van der Waals surface area contributed by atoms with Crippen LogP contribution in [0.2, 0.25) is 0 Å². The molecular formula is C30H22N6O6. The SMILES string of the molecule is O=C(NNC(=O)c1ccccc1O)c1cncc(-c2cc3ccccc3c(C(=O)NNC(=O)c3cccnc3)c2O)c1. The maximum Gasteiger partial charge on any atom is 0.274 e. The van der Waals surface area contributed by atoms with Crippen LogP contribution in [0.4, 0.5) is 0 Å². The van der Waals surface area contributed by atoms with Crippen molar-refractivity contribution in [3.63, 3.8) is 0 Å². The lowest BCUT2D eigenvalue weighted by Crippen LogP contribution is -2.41. The minimum absolute atomic E-state index is 0.0341. The Morgan fingerprint density at radius 3 is 2.05 bits per heavy atom. The summed E-state index contributed by atoms with van der Waals surface area (Å²) in [4.78, 5) is 58.7. The normalized spacial score (nSPS) is 10.5. The number of hydrazine groups is 2. The quantitative estimate of drug-likeness (QED) is 0.177. The van der Waals surface area contributed by atoms with Gasteiger partial charge in [-0.3, -0.25) is 50.8 Å². The number of benzene rings is 3. The molecule has 0 fully saturated rings. The van der Waals surface area contributed by atoms with E-state index in [1.165, 1.54) is 49.1 Å². The van der Waals surface area contributed by atoms with Crippen molar-refractivity contribution < 1.29 is 29.4 Å². The fourth-order valence-corrected chi connectivity index (χ4v) is 4.16. The maximum atomic E-state index is 13.2. The van der Waals surface area contributed by atoms with Gasteiger partial charge in [-0.25, -0.2) is 0 Å². The predicted octanol–water partition coefficient (Wildman–Crippen LogP) is 2.86. The maximum absolute atomic E-state index is 13.2. The summed E-state index contributed by atoms with van der Waals surface area (Å²) in [5.41, 5.74) is 9.71. The molecular weight excluding hydrogens is 540 g/mol. The summed E-state index contributed by atoms with van der Waals surface area (Å²) in [5.74, 6) is -3.50. The van der Waals surface area contributed by atoms with Gasteiger partial charge in [-0.05, 0) is 47.2 Å². The summed E-state index contributed by atoms with van der Waals surface area (Å²) in [5, 5.41) is 22.1. The van der Waals surface area contributed by atoms with Gasteiger partial charge in [0, 0.05) is 35.9 Å². The molecule has 0 saturated heterocycles. The molecule has 0 aliphatic heterocycles. The molecule has 5 aromatic rings. The molecule has 42 heavy (non-hydrogen) atoms. The number of fused-ring (bicyclic) bond motifs is 1. The highest BCUT2D eigenvalue weighted by Crippen LogP contribution is 2.37. The van der Waals surface area contributed by atoms with Crippen LogP contribution in [0.3, 0.4) is 0 Å². The Morgan fingerprint density at radius 2 is 1.29 bits per heavy atom. The molecule has 0 unspecified atom stereocenters. The number of phenolic OH excluding ortho intramolecular Hbond substituents is 2. The second-order valence-corrected chi connectivity index (χ2v) is 8.91. The number of nitrogens with zero attached hydrogens (tertiary/aromatic N) is 2. The first kappa shape index (κ1) is 27.3. The van der Waals surface area contributed by atoms with Gasteiger partial charge in [-0.2, -0.15) is 0 Å². The van der Waals surface area contributed by atoms with Crippen LogP contribution in [0.1, 0.15) is 41.4 Å². The Morgan fingerprint density at radius 1 is 0.619 bits per heavy atom. The van der Waals surface area contributed by atoms with Gasteiger partial charge in [0.25, 0.3) is 23.6 Å². The van der Waals surface area contributed by atoms with E-state index >= 15 is 0 Å². The van der Waals surface area contributed by atoms with Gasteiger partial charge in [-0.15, -0.1) is 0 Å². The van der Waals surface area contributed by atoms with E-state index in [9.17, 15) is 29.4 Å². The second kappa shape index (κ2) is 11.8. The van der Waals surface area contributed by atoms with Crippen molar-refractivity contribution in [3.05, 3.63) is 120 Å². The van der Waals surface area contributed by atoms with E-state index in [-0.39, 0.29) is 33.6 Å². The number of para-hydroxylation sites is 1. The van der Waals surface area contributed by atoms with E-state index in [2.05, 4.69) is 31.7 Å². The number of carbonyl (C=O) groups is 4. The van der Waals surface area contributed by atoms with Gasteiger partial charge in [0.05, 0.1) is 22.3 Å². The monoisotopic (exact) mass is 562 g/mol. The molecule has 0 aliphatic carbocycles. The predicted molar refractivity (Wildman–Crippen MR) is 151 cm³/mol. The molecule has 0 atom stereocenters. The van der Waals surface area contributed by atoms with Crippen molar-refractivity contribution in [1.82, 2.24) is 31.7 Å². The Balaban J connectivity index is 1.40. The molecule has 6 N–H and O–H groups in total. The number of hydrogen-bond acceptors (Lipinski definition) is 8. The molecule has 208 valence electrons. The Kier molecular flexibility index (Phi) is 7.69. The van der Waals surface area contributed by atoms with Gasteiger partial charge in [-0.1, -0.05) is 36.4 Å². The molecule has 0 aliphatic rings. The van der Waals surface area contributed by atoms with Gasteiger partial charge in [0.1, 0.15) is 11.5 Å². The lowest BCUT2D eigenvalue weighted by atomic mass is 9.95. The van der Waals surface area contributed by atoms with Gasteiger partial charge in [0.15, 0.2) is 0 Å². The molecule has 0 saturated carbocycles. The third-order valence-electron chi connectivity index (χ3n) is 6.21. The Labute approximate surface area is 238 Å². The molecule has 3 aromatic carbocycles. The highest BCUT2D eigenvalue weighted by Gasteiger charge is 2.22. The van der Waals surface area contributed by atoms with Gasteiger partial charge in [0.2, 0.25) is 0 Å². The summed E-state index contributed by atoms with van der Waals surface area (Å²) in [6.45, 7) is 0. The van der Waals surface area contributed by atoms with Crippen LogP contribution in [0, 0.1) is 0 Å². The summed E-state index contributed by atoms with van der Waals surface area (Å²) >= 11 is 0. The highest BCUT2D eigenvalue weighted by molar-refractivity contribution is 6.12. The molecule has 0 spiro atoms. The van der Waals surface area contributed by atoms with E-state index in [0.29, 0.717) is 16.3 Å². The number of aromatic nitrogens is 2. The average molecular weight is 563 g/mol. The summed E-state index contributed by atoms with van der Waals surface area (Å²) < 4.78 is 0. The first-order valence-electron chi connectivity index (χ1n) is 12.4. The zero-order chi connectivity index (χ0) is 29.6. The van der Waals surface area contributed by atoms with Crippen LogP contribution >= 0.6 is 0 Å². The fraction of sp³-hybridized carbons (Fsp3) is 0. The van der Waals surface area contributed by atoms with E-state index in [0.717, 1.165) is 0 Å². The Bertz CT molecular complexity index is 1840. The zero-order valence-electron chi connectivity index (χ0n) is 21.7. The van der Waals surface area contributed by atoms with Crippen LogP contribution in [-0.2, 0) is 0 Å². The number of amides is 4. The number of rotatable bonds is 5. The molecule has 4 amide bonds. The summed E-state index contributed by atoms with van der Waals surface area (Å²) in [6, 6.07) is 18.8. The number of nitrogens with one attached hydrogen (secondary N) is 4. The average Bonchev–Trinajstić information content (AvgIpc) is 3.02. The van der Waals surface area contributed by atoms with E-state index in [4.69, 9.17) is 0 Å². The van der Waals surface area contributed by atoms with E-state index in [1.54, 1.807) is 48.5 Å². The lowest BCUT2D eigenvalue weighted by Gasteiger charge is -2.15. The Hall–Kier alpha value is -6.30. The van der Waals surface area contributed by atoms with Crippen molar-refractivity contribution in [2.75, 3.05) is 0 Å². The van der Waals surface area contributed by atoms with Gasteiger partial charge < -0.3 is 10.2 Å². The van der Waals surface area contributed by atoms with Crippen molar-refractivity contribution in [3.8, 4) is 22.6 Å². The smallest absolute Gasteiger partial charge is 0.274 e. The molecule has 2 aromatic heterocycles. The van der Waals surface area contributed by atoms with Crippen LogP contribution in [0.25, 0.3) is 21.9 Å². The molecule has 0 radical (unpaired) electrons. The lowest BCUT2D eigenvalue weighted by molar-refractivity contribution is 0.0845. The van der Waals surface area contributed by atoms with Crippen molar-refractivity contribution in [1.29, 1.82) is 0 Å². The summed E-state index contributed by atoms with van der Waals surface area (Å²) in [6.07, 6.45) is 5.49. The molecule has 12 nitrogen and oxygen atoms in total. The third kappa shape index (κ3) is 5.67. The molecule has 12 heteroatoms. The van der Waals surface area contributed by atoms with Gasteiger partial charge >= 0.3 is 0 Å². The summed E-state index contributed by atoms with van der Waals surface area (Å²) in [7, 11) is 0. The minimum atomic E-state index is -0.781. The molecule has 5 rings (SSSR count). The van der Waals surface area contributed by atoms with Crippen molar-refractivity contribution in [2.24, 2.45) is 0 Å². The largest absolute Gasteiger partial charge is 0.507 e. The zero-order valence-corrected chi connectivity index (χ0v) is 21.7. The van der Waals surface area contributed by atoms with Crippen LogP contribution in [0.15, 0.2) is 97.6 Å². The van der Waals surface area contributed by atoms with E-state index < -0.39 is 29.4 Å². The third-order valence-corrected chi connectivity index (χ3v) is 6.21. The number of pyridine rings is 2. The second-order valence-electron chi connectivity index (χ2n) is 8.91. The first-order chi connectivity index (χ1) is 20.3. The standard InChI is InChI=1S/C30H22N6O6/c37-24-10-4-3-9-22(24)29(41)35-34-28(40)20-12-19(15-32-16-20)23-13-17-6-1-2-8-21(17)25(26(23)38)30(42)36-33-27(39)18-7-5-11-31-14-18/h1-16,37-38H,(H,33,39)(H,34,40)(H,35,41)(H,36,42). The van der Waals surface area contributed by atoms with Crippen LogP contribution in [-0.4, -0.2) is 43.8 Å². The van der Waals surface area contributed by atoms with Crippen LogP contribution < -0.4 is 21.7 Å².